The minimum atomic E-state index is -1.47. The largest absolute Gasteiger partial charge is 0.368 e. The van der Waals surface area contributed by atoms with Gasteiger partial charge in [-0.2, -0.15) is 0 Å². The molecular weight excluding hydrogens is 527 g/mol. The van der Waals surface area contributed by atoms with Crippen molar-refractivity contribution in [1.82, 2.24) is 14.4 Å². The Morgan fingerprint density at radius 2 is 1.59 bits per heavy atom. The van der Waals surface area contributed by atoms with E-state index in [0.29, 0.717) is 25.3 Å². The minimum Gasteiger partial charge on any atom is -0.368 e. The van der Waals surface area contributed by atoms with Crippen LogP contribution in [0.5, 0.6) is 0 Å². The zero-order valence-electron chi connectivity index (χ0n) is 22.4. The summed E-state index contributed by atoms with van der Waals surface area (Å²) in [6, 6.07) is 11.7. The summed E-state index contributed by atoms with van der Waals surface area (Å²) in [5.74, 6) is -3.97. The highest BCUT2D eigenvalue weighted by atomic mass is 35.5. The van der Waals surface area contributed by atoms with Gasteiger partial charge in [-0.1, -0.05) is 23.7 Å². The van der Waals surface area contributed by atoms with E-state index in [1.807, 2.05) is 55.8 Å². The quantitative estimate of drug-likeness (QED) is 0.409. The second kappa shape index (κ2) is 11.1. The van der Waals surface area contributed by atoms with Crippen molar-refractivity contribution in [2.45, 2.75) is 26.4 Å². The molecule has 3 heterocycles. The van der Waals surface area contributed by atoms with Crippen LogP contribution in [0.15, 0.2) is 42.5 Å². The number of hydrogen-bond acceptors (Lipinski definition) is 4. The van der Waals surface area contributed by atoms with Crippen molar-refractivity contribution in [3.8, 4) is 0 Å². The van der Waals surface area contributed by atoms with Crippen LogP contribution in [0.2, 0.25) is 5.02 Å². The van der Waals surface area contributed by atoms with E-state index in [2.05, 4.69) is 9.80 Å². The molecule has 1 atom stereocenters. The van der Waals surface area contributed by atoms with Crippen molar-refractivity contribution in [3.63, 3.8) is 0 Å². The highest BCUT2D eigenvalue weighted by Gasteiger charge is 2.31. The smallest absolute Gasteiger partial charge is 0.270 e. The average molecular weight is 560 g/mol. The summed E-state index contributed by atoms with van der Waals surface area (Å²) in [4.78, 5) is 21.9. The number of anilines is 2. The van der Waals surface area contributed by atoms with Crippen LogP contribution >= 0.6 is 11.6 Å². The van der Waals surface area contributed by atoms with Gasteiger partial charge in [0.15, 0.2) is 17.5 Å². The molecule has 0 spiro atoms. The van der Waals surface area contributed by atoms with Crippen LogP contribution in [-0.2, 0) is 13.6 Å². The first kappa shape index (κ1) is 27.4. The predicted molar refractivity (Wildman–Crippen MR) is 148 cm³/mol. The summed E-state index contributed by atoms with van der Waals surface area (Å²) in [5, 5.41) is 0.764. The zero-order chi connectivity index (χ0) is 27.8. The molecule has 6 nitrogen and oxygen atoms in total. The Balaban J connectivity index is 1.23. The van der Waals surface area contributed by atoms with Crippen LogP contribution in [-0.4, -0.2) is 72.1 Å². The fraction of sp³-hybridized carbons (Fsp3) is 0.414. The Morgan fingerprint density at radius 3 is 2.23 bits per heavy atom. The number of hydrogen-bond donors (Lipinski definition) is 0. The van der Waals surface area contributed by atoms with E-state index < -0.39 is 17.5 Å². The van der Waals surface area contributed by atoms with Crippen LogP contribution < -0.4 is 9.80 Å². The number of para-hydroxylation sites is 1. The van der Waals surface area contributed by atoms with Gasteiger partial charge in [-0.25, -0.2) is 13.2 Å². The van der Waals surface area contributed by atoms with E-state index in [4.69, 9.17) is 11.6 Å². The molecule has 208 valence electrons. The van der Waals surface area contributed by atoms with Crippen LogP contribution in [0.3, 0.4) is 0 Å². The van der Waals surface area contributed by atoms with Gasteiger partial charge in [0, 0.05) is 89.0 Å². The molecule has 10 heteroatoms. The van der Waals surface area contributed by atoms with Gasteiger partial charge in [-0.15, -0.1) is 0 Å². The van der Waals surface area contributed by atoms with Crippen LogP contribution in [0.1, 0.15) is 28.7 Å². The number of benzene rings is 2. The van der Waals surface area contributed by atoms with Crippen molar-refractivity contribution in [1.29, 1.82) is 0 Å². The second-order valence-corrected chi connectivity index (χ2v) is 10.8. The van der Waals surface area contributed by atoms with Gasteiger partial charge in [0.1, 0.15) is 5.69 Å². The summed E-state index contributed by atoms with van der Waals surface area (Å²) in [6.45, 7) is 9.43. The van der Waals surface area contributed by atoms with E-state index in [0.717, 1.165) is 66.8 Å². The zero-order valence-corrected chi connectivity index (χ0v) is 23.2. The maximum atomic E-state index is 13.8. The molecular formula is C29H33ClF3N5O. The summed E-state index contributed by atoms with van der Waals surface area (Å²) < 4.78 is 42.9. The molecule has 0 aliphatic carbocycles. The Bertz CT molecular complexity index is 1350. The first-order chi connectivity index (χ1) is 18.6. The fourth-order valence-corrected chi connectivity index (χ4v) is 5.84. The molecule has 2 aromatic carbocycles. The molecule has 3 aromatic rings. The molecule has 1 unspecified atom stereocenters. The molecule has 0 bridgehead atoms. The van der Waals surface area contributed by atoms with E-state index in [1.165, 1.54) is 0 Å². The predicted octanol–water partition coefficient (Wildman–Crippen LogP) is 5.08. The van der Waals surface area contributed by atoms with Gasteiger partial charge in [0.25, 0.3) is 5.91 Å². The number of nitrogens with zero attached hydrogens (tertiary/aromatic N) is 5. The van der Waals surface area contributed by atoms with Gasteiger partial charge in [0.05, 0.1) is 10.7 Å². The van der Waals surface area contributed by atoms with Gasteiger partial charge in [0.2, 0.25) is 0 Å². The molecule has 2 aliphatic rings. The Labute approximate surface area is 232 Å². The van der Waals surface area contributed by atoms with Crippen LogP contribution in [0, 0.1) is 24.4 Å². The third-order valence-corrected chi connectivity index (χ3v) is 8.36. The van der Waals surface area contributed by atoms with Gasteiger partial charge >= 0.3 is 0 Å². The summed E-state index contributed by atoms with van der Waals surface area (Å²) >= 11 is 6.39. The van der Waals surface area contributed by atoms with E-state index in [9.17, 15) is 18.0 Å². The van der Waals surface area contributed by atoms with E-state index in [1.54, 1.807) is 9.80 Å². The molecule has 2 saturated heterocycles. The molecule has 1 aromatic heterocycles. The molecule has 5 rings (SSSR count). The third kappa shape index (κ3) is 5.47. The maximum Gasteiger partial charge on any atom is 0.270 e. The lowest BCUT2D eigenvalue weighted by Gasteiger charge is -2.41. The van der Waals surface area contributed by atoms with E-state index >= 15 is 0 Å². The Morgan fingerprint density at radius 1 is 0.949 bits per heavy atom. The van der Waals surface area contributed by atoms with Crippen molar-refractivity contribution in [2.24, 2.45) is 7.05 Å². The second-order valence-electron chi connectivity index (χ2n) is 10.4. The third-order valence-electron chi connectivity index (χ3n) is 8.04. The summed E-state index contributed by atoms with van der Waals surface area (Å²) in [5.41, 5.74) is 4.13. The summed E-state index contributed by atoms with van der Waals surface area (Å²) in [6.07, 6.45) is 0. The SMILES string of the molecule is Cc1c(CN2CCN(c3ccccc3Cl)CC2)cc(C(=O)N2CCN(c3cc(F)c(F)c(F)c3)CC2C)n1C. The van der Waals surface area contributed by atoms with Gasteiger partial charge in [-0.05, 0) is 37.6 Å². The molecule has 0 N–H and O–H groups in total. The number of halogens is 4. The standard InChI is InChI=1S/C29H33ClF3N5O/c1-19-17-37(22-15-24(31)28(33)25(32)16-22)12-13-38(19)29(39)27-14-21(20(2)34(27)3)18-35-8-10-36(11-9-35)26-7-5-4-6-23(26)30/h4-7,14-16,19H,8-13,17-18H2,1-3H3. The van der Waals surface area contributed by atoms with Crippen LogP contribution in [0.4, 0.5) is 24.5 Å². The lowest BCUT2D eigenvalue weighted by Crippen LogP contribution is -2.54. The monoisotopic (exact) mass is 559 g/mol. The number of amides is 1. The van der Waals surface area contributed by atoms with E-state index in [-0.39, 0.29) is 17.6 Å². The topological polar surface area (TPSA) is 35.0 Å². The Kier molecular flexibility index (Phi) is 7.82. The highest BCUT2D eigenvalue weighted by molar-refractivity contribution is 6.33. The molecule has 1 amide bonds. The number of carbonyl (C=O) groups excluding carboxylic acids is 1. The molecule has 2 fully saturated rings. The van der Waals surface area contributed by atoms with Crippen molar-refractivity contribution in [3.05, 3.63) is 81.9 Å². The maximum absolute atomic E-state index is 13.8. The average Bonchev–Trinajstić information content (AvgIpc) is 3.20. The highest BCUT2D eigenvalue weighted by Crippen LogP contribution is 2.28. The van der Waals surface area contributed by atoms with Gasteiger partial charge < -0.3 is 19.3 Å². The molecule has 2 aliphatic heterocycles. The number of carbonyl (C=O) groups is 1. The van der Waals surface area contributed by atoms with Crippen LogP contribution in [0.25, 0.3) is 0 Å². The van der Waals surface area contributed by atoms with Crippen molar-refractivity contribution < 1.29 is 18.0 Å². The lowest BCUT2D eigenvalue weighted by atomic mass is 10.1. The number of aromatic nitrogens is 1. The molecule has 0 radical (unpaired) electrons. The normalized spacial score (nSPS) is 18.6. The van der Waals surface area contributed by atoms with Gasteiger partial charge in [-0.3, -0.25) is 9.69 Å². The van der Waals surface area contributed by atoms with Crippen molar-refractivity contribution in [2.75, 3.05) is 55.6 Å². The fourth-order valence-electron chi connectivity index (χ4n) is 5.59. The first-order valence-electron chi connectivity index (χ1n) is 13.2. The molecule has 39 heavy (non-hydrogen) atoms. The number of piperazine rings is 2. The summed E-state index contributed by atoms with van der Waals surface area (Å²) in [7, 11) is 1.91. The number of rotatable bonds is 5. The molecule has 0 saturated carbocycles. The minimum absolute atomic E-state index is 0.0704. The lowest BCUT2D eigenvalue weighted by molar-refractivity contribution is 0.0664. The first-order valence-corrected chi connectivity index (χ1v) is 13.6. The van der Waals surface area contributed by atoms with Crippen molar-refractivity contribution >= 4 is 28.9 Å². The Hall–Kier alpha value is -3.17.